The number of carboxylic acid groups (broad SMARTS) is 1. The van der Waals surface area contributed by atoms with E-state index >= 15 is 0 Å². The third kappa shape index (κ3) is 4.05. The lowest BCUT2D eigenvalue weighted by Gasteiger charge is -2.45. The average molecular weight is 449 g/mol. The fourth-order valence-corrected chi connectivity index (χ4v) is 6.01. The Morgan fingerprint density at radius 3 is 2.52 bits per heavy atom. The van der Waals surface area contributed by atoms with E-state index in [1.165, 1.54) is 23.5 Å². The number of rotatable bonds is 3. The number of ether oxygens (including phenoxy) is 2. The van der Waals surface area contributed by atoms with Crippen LogP contribution in [-0.4, -0.2) is 61.5 Å². The molecular weight excluding hydrogens is 423 g/mol. The summed E-state index contributed by atoms with van der Waals surface area (Å²) in [7, 11) is 4.49. The van der Waals surface area contributed by atoms with Gasteiger partial charge < -0.3 is 23.9 Å². The van der Waals surface area contributed by atoms with Crippen molar-refractivity contribution in [2.75, 3.05) is 19.4 Å². The quantitative estimate of drug-likeness (QED) is 0.443. The summed E-state index contributed by atoms with van der Waals surface area (Å²) in [6.45, 7) is 1.48. The van der Waals surface area contributed by atoms with Crippen LogP contribution in [0, 0.1) is 12.7 Å². The van der Waals surface area contributed by atoms with Gasteiger partial charge in [0.1, 0.15) is 36.2 Å². The molecular formula is C22H25FN2O5S. The van der Waals surface area contributed by atoms with Gasteiger partial charge >= 0.3 is 6.09 Å². The highest BCUT2D eigenvalue weighted by atomic mass is 32.1. The predicted molar refractivity (Wildman–Crippen MR) is 112 cm³/mol. The summed E-state index contributed by atoms with van der Waals surface area (Å²) in [4.78, 5) is 21.8. The van der Waals surface area contributed by atoms with Crippen molar-refractivity contribution in [2.45, 2.75) is 50.2 Å². The minimum absolute atomic E-state index is 0.107. The number of carbonyl (C=O) groups is 2. The first-order chi connectivity index (χ1) is 14.8. The minimum Gasteiger partial charge on any atom is -0.554 e. The lowest BCUT2D eigenvalue weighted by molar-refractivity contribution is -0.938. The summed E-state index contributed by atoms with van der Waals surface area (Å²) in [5.74, 6) is -0.329. The summed E-state index contributed by atoms with van der Waals surface area (Å²) < 4.78 is 26.3. The van der Waals surface area contributed by atoms with Crippen molar-refractivity contribution < 1.29 is 33.0 Å². The zero-order valence-corrected chi connectivity index (χ0v) is 18.4. The van der Waals surface area contributed by atoms with E-state index in [0.29, 0.717) is 35.5 Å². The van der Waals surface area contributed by atoms with Gasteiger partial charge in [0.2, 0.25) is 0 Å². The fraction of sp³-hybridized carbons (Fsp3) is 0.455. The molecule has 1 N–H and O–H groups in total. The maximum atomic E-state index is 13.8. The number of benzene rings is 1. The third-order valence-electron chi connectivity index (χ3n) is 6.64. The van der Waals surface area contributed by atoms with Crippen LogP contribution in [0.2, 0.25) is 0 Å². The van der Waals surface area contributed by atoms with Crippen LogP contribution in [-0.2, 0) is 14.3 Å². The van der Waals surface area contributed by atoms with Crippen molar-refractivity contribution in [1.29, 1.82) is 0 Å². The van der Waals surface area contributed by atoms with Crippen molar-refractivity contribution in [3.8, 4) is 10.4 Å². The van der Waals surface area contributed by atoms with E-state index in [9.17, 15) is 9.18 Å². The van der Waals surface area contributed by atoms with E-state index in [-0.39, 0.29) is 11.9 Å². The van der Waals surface area contributed by atoms with Gasteiger partial charge in [-0.15, -0.1) is 11.3 Å². The van der Waals surface area contributed by atoms with Gasteiger partial charge in [0.25, 0.3) is 0 Å². The molecule has 31 heavy (non-hydrogen) atoms. The zero-order chi connectivity index (χ0) is 22.3. The molecule has 166 valence electrons. The van der Waals surface area contributed by atoms with Crippen molar-refractivity contribution in [3.63, 3.8) is 0 Å². The first kappa shape index (κ1) is 21.7. The number of thiophene rings is 1. The Hall–Kier alpha value is -2.49. The molecule has 3 aliphatic rings. The number of quaternary nitrogens is 1. The fourth-order valence-electron chi connectivity index (χ4n) is 5.05. The Balaban J connectivity index is 0.000000730. The number of hydrogen-bond acceptors (Lipinski definition) is 6. The van der Waals surface area contributed by atoms with Gasteiger partial charge in [0.05, 0.1) is 19.8 Å². The molecule has 2 bridgehead atoms. The molecule has 9 heteroatoms. The molecule has 1 unspecified atom stereocenters. The summed E-state index contributed by atoms with van der Waals surface area (Å²) in [5, 5.41) is 13.0. The topological polar surface area (TPSA) is 91.0 Å². The molecule has 1 aromatic heterocycles. The molecule has 5 atom stereocenters. The molecule has 1 aromatic carbocycles. The van der Waals surface area contributed by atoms with Crippen LogP contribution in [0.25, 0.3) is 10.4 Å². The second kappa shape index (κ2) is 8.22. The molecule has 1 amide bonds. The number of halogens is 1. The number of amides is 1. The van der Waals surface area contributed by atoms with Crippen molar-refractivity contribution in [1.82, 2.24) is 0 Å². The first-order valence-electron chi connectivity index (χ1n) is 10.1. The Kier molecular flexibility index (Phi) is 5.76. The monoisotopic (exact) mass is 448 g/mol. The second-order valence-corrected chi connectivity index (χ2v) is 9.59. The molecule has 0 aliphatic carbocycles. The summed E-state index contributed by atoms with van der Waals surface area (Å²) in [6.07, 6.45) is 1.69. The molecule has 0 saturated carbocycles. The Labute approximate surface area is 184 Å². The first-order valence-corrected chi connectivity index (χ1v) is 11.0. The van der Waals surface area contributed by atoms with E-state index in [0.717, 1.165) is 27.8 Å². The number of likely N-dealkylation sites (N-methyl/N-ethyl adjacent to an activating group) is 1. The maximum Gasteiger partial charge on any atom is 0.411 e. The highest BCUT2D eigenvalue weighted by Gasteiger charge is 2.70. The molecule has 4 heterocycles. The highest BCUT2D eigenvalue weighted by molar-refractivity contribution is 7.13. The second-order valence-electron chi connectivity index (χ2n) is 8.67. The third-order valence-corrected chi connectivity index (χ3v) is 7.69. The Morgan fingerprint density at radius 1 is 1.29 bits per heavy atom. The maximum absolute atomic E-state index is 13.8. The summed E-state index contributed by atoms with van der Waals surface area (Å²) >= 11 is 1.53. The number of piperidine rings is 1. The molecule has 0 radical (unpaired) electrons. The van der Waals surface area contributed by atoms with E-state index in [2.05, 4.69) is 19.4 Å². The van der Waals surface area contributed by atoms with Gasteiger partial charge in [-0.05, 0) is 42.1 Å². The standard InChI is InChI=1S/C21H23FN2O3S.CH2O2/c1-11-6-7-28-20(11)14-8-12(22)4-5-15(14)23-21(25)26-13-9-16-18-19(27-18)17(10-13)24(16,2)3;2-1-3/h4-8,13,16-19H,9-10H2,1-3H3;1H,(H,2,3)/t13?,16-,17+,18-,19+;. The van der Waals surface area contributed by atoms with E-state index in [1.54, 1.807) is 6.07 Å². The van der Waals surface area contributed by atoms with Gasteiger partial charge in [-0.25, -0.2) is 9.18 Å². The van der Waals surface area contributed by atoms with Gasteiger partial charge in [0.15, 0.2) is 0 Å². The van der Waals surface area contributed by atoms with Crippen LogP contribution in [0.15, 0.2) is 29.6 Å². The number of aryl methyl sites for hydroxylation is 1. The van der Waals surface area contributed by atoms with Crippen molar-refractivity contribution >= 4 is 29.6 Å². The lowest BCUT2D eigenvalue weighted by atomic mass is 9.96. The van der Waals surface area contributed by atoms with Gasteiger partial charge in [-0.2, -0.15) is 0 Å². The Morgan fingerprint density at radius 2 is 1.94 bits per heavy atom. The molecule has 3 saturated heterocycles. The number of hydrogen-bond donors (Lipinski definition) is 1. The van der Waals surface area contributed by atoms with Gasteiger partial charge in [0, 0.05) is 29.8 Å². The van der Waals surface area contributed by atoms with Crippen molar-refractivity contribution in [3.05, 3.63) is 41.0 Å². The smallest absolute Gasteiger partial charge is 0.411 e. The molecule has 2 aromatic rings. The van der Waals surface area contributed by atoms with Crippen LogP contribution in [0.3, 0.4) is 0 Å². The molecule has 0 spiro atoms. The molecule has 7 nitrogen and oxygen atoms in total. The molecule has 5 rings (SSSR count). The number of carbonyl (C=O) groups excluding carboxylic acids is 2. The van der Waals surface area contributed by atoms with Crippen LogP contribution in [0.4, 0.5) is 14.9 Å². The predicted octanol–water partition coefficient (Wildman–Crippen LogP) is 2.53. The Bertz CT molecular complexity index is 974. The molecule has 3 fully saturated rings. The zero-order valence-electron chi connectivity index (χ0n) is 17.5. The van der Waals surface area contributed by atoms with Crippen molar-refractivity contribution in [2.24, 2.45) is 0 Å². The van der Waals surface area contributed by atoms with E-state index in [1.807, 2.05) is 18.4 Å². The minimum atomic E-state index is -0.500. The average Bonchev–Trinajstić information content (AvgIpc) is 3.34. The molecule has 3 aliphatic heterocycles. The van der Waals surface area contributed by atoms with Crippen LogP contribution < -0.4 is 10.4 Å². The van der Waals surface area contributed by atoms with E-state index in [4.69, 9.17) is 19.4 Å². The lowest BCUT2D eigenvalue weighted by Crippen LogP contribution is -2.60. The largest absolute Gasteiger partial charge is 0.554 e. The SMILES string of the molecule is Cc1ccsc1-c1cc(F)ccc1NC(=O)OC1C[C@@H]2[C@H]3O[C@H]3[C@H](C1)[N+]2(C)C.O=C[O-]. The number of anilines is 1. The number of fused-ring (bicyclic) bond motifs is 5. The summed E-state index contributed by atoms with van der Waals surface area (Å²) in [5.41, 5.74) is 2.30. The number of epoxide rings is 1. The van der Waals surface area contributed by atoms with Gasteiger partial charge in [-0.3, -0.25) is 5.32 Å². The highest BCUT2D eigenvalue weighted by Crippen LogP contribution is 2.51. The normalized spacial score (nSPS) is 29.2. The van der Waals surface area contributed by atoms with E-state index < -0.39 is 12.6 Å². The van der Waals surface area contributed by atoms with Gasteiger partial charge in [-0.1, -0.05) is 0 Å². The number of nitrogens with zero attached hydrogens (tertiary/aromatic N) is 1. The van der Waals surface area contributed by atoms with Crippen LogP contribution in [0.1, 0.15) is 18.4 Å². The van der Waals surface area contributed by atoms with Crippen LogP contribution in [0.5, 0.6) is 0 Å². The number of nitrogens with one attached hydrogen (secondary N) is 1. The summed E-state index contributed by atoms with van der Waals surface area (Å²) in [6, 6.07) is 7.17. The number of morpholine rings is 1. The van der Waals surface area contributed by atoms with Crippen LogP contribution >= 0.6 is 11.3 Å².